The van der Waals surface area contributed by atoms with Gasteiger partial charge in [-0.1, -0.05) is 63.4 Å². The number of nitrogens with zero attached hydrogens (tertiary/aromatic N) is 1. The molecule has 0 aliphatic heterocycles. The van der Waals surface area contributed by atoms with Crippen molar-refractivity contribution in [2.45, 2.75) is 58.5 Å². The van der Waals surface area contributed by atoms with Crippen LogP contribution in [-0.4, -0.2) is 25.9 Å². The van der Waals surface area contributed by atoms with E-state index in [0.717, 1.165) is 13.0 Å². The standard InChI is InChI=1S/C15H24B2N/c1-3-5-7-12-15(4-2)18(17-16)13-14-10-8-6-9-11-14/h6,8-11,15H,3-5,7,12-13H2,1-2H3. The number of rotatable bonds is 9. The number of benzene rings is 1. The Bertz CT molecular complexity index is 303. The third-order valence-electron chi connectivity index (χ3n) is 3.48. The largest absolute Gasteiger partial charge is 0.350 e. The Balaban J connectivity index is 2.51. The molecule has 1 nitrogen and oxygen atoms in total. The maximum absolute atomic E-state index is 5.80. The van der Waals surface area contributed by atoms with Gasteiger partial charge in [-0.25, -0.2) is 0 Å². The van der Waals surface area contributed by atoms with Crippen LogP contribution in [0.4, 0.5) is 0 Å². The Morgan fingerprint density at radius 1 is 1.17 bits per heavy atom. The number of unbranched alkanes of at least 4 members (excludes halogenated alkanes) is 2. The summed E-state index contributed by atoms with van der Waals surface area (Å²) >= 11 is 0. The fourth-order valence-corrected chi connectivity index (χ4v) is 2.33. The second-order valence-electron chi connectivity index (χ2n) is 4.86. The van der Waals surface area contributed by atoms with Crippen molar-refractivity contribution >= 4 is 15.0 Å². The molecule has 0 spiro atoms. The molecule has 0 amide bonds. The monoisotopic (exact) mass is 240 g/mol. The second-order valence-corrected chi connectivity index (χ2v) is 4.86. The van der Waals surface area contributed by atoms with Gasteiger partial charge in [0, 0.05) is 14.3 Å². The van der Waals surface area contributed by atoms with Gasteiger partial charge in [0.15, 0.2) is 0 Å². The van der Waals surface area contributed by atoms with Gasteiger partial charge in [0.2, 0.25) is 0 Å². The first-order valence-electron chi connectivity index (χ1n) is 7.16. The van der Waals surface area contributed by atoms with Gasteiger partial charge >= 0.3 is 0 Å². The van der Waals surface area contributed by atoms with Crippen LogP contribution in [0.1, 0.15) is 51.5 Å². The SMILES string of the molecule is [B][B]N(Cc1ccccc1)C(CC)CCCCC. The molecule has 0 N–H and O–H groups in total. The van der Waals surface area contributed by atoms with Gasteiger partial charge < -0.3 is 4.81 Å². The lowest BCUT2D eigenvalue weighted by atomic mass is 9.64. The quantitative estimate of drug-likeness (QED) is 0.471. The summed E-state index contributed by atoms with van der Waals surface area (Å²) in [4.78, 5) is 2.28. The molecule has 1 aromatic rings. The van der Waals surface area contributed by atoms with E-state index in [4.69, 9.17) is 7.74 Å². The third kappa shape index (κ3) is 5.30. The molecule has 95 valence electrons. The highest BCUT2D eigenvalue weighted by Crippen LogP contribution is 2.15. The van der Waals surface area contributed by atoms with Crippen LogP contribution in [0.15, 0.2) is 30.3 Å². The number of hydrogen-bond donors (Lipinski definition) is 0. The Hall–Kier alpha value is -0.690. The van der Waals surface area contributed by atoms with E-state index in [-0.39, 0.29) is 0 Å². The highest BCUT2D eigenvalue weighted by Gasteiger charge is 2.14. The van der Waals surface area contributed by atoms with Crippen LogP contribution in [0.2, 0.25) is 0 Å². The first-order chi connectivity index (χ1) is 8.81. The minimum atomic E-state index is 0.571. The van der Waals surface area contributed by atoms with Gasteiger partial charge in [-0.05, 0) is 24.4 Å². The fourth-order valence-electron chi connectivity index (χ4n) is 2.33. The average molecular weight is 240 g/mol. The van der Waals surface area contributed by atoms with E-state index in [1.54, 1.807) is 7.31 Å². The molecule has 3 radical (unpaired) electrons. The average Bonchev–Trinajstić information content (AvgIpc) is 2.43. The molecule has 0 aliphatic carbocycles. The third-order valence-corrected chi connectivity index (χ3v) is 3.48. The van der Waals surface area contributed by atoms with Crippen LogP contribution < -0.4 is 0 Å². The van der Waals surface area contributed by atoms with Gasteiger partial charge in [0.25, 0.3) is 0 Å². The molecule has 1 aromatic carbocycles. The normalized spacial score (nSPS) is 12.6. The summed E-state index contributed by atoms with van der Waals surface area (Å²) in [7, 11) is 7.56. The van der Waals surface area contributed by atoms with E-state index in [1.807, 2.05) is 0 Å². The van der Waals surface area contributed by atoms with E-state index in [1.165, 1.54) is 31.2 Å². The van der Waals surface area contributed by atoms with Gasteiger partial charge in [-0.15, -0.1) is 0 Å². The van der Waals surface area contributed by atoms with Gasteiger partial charge in [0.05, 0.1) is 0 Å². The molecule has 18 heavy (non-hydrogen) atoms. The lowest BCUT2D eigenvalue weighted by Gasteiger charge is -2.31. The van der Waals surface area contributed by atoms with Crippen molar-refractivity contribution in [1.82, 2.24) is 4.81 Å². The molecule has 1 rings (SSSR count). The van der Waals surface area contributed by atoms with E-state index in [0.29, 0.717) is 6.04 Å². The molecule has 0 saturated heterocycles. The van der Waals surface area contributed by atoms with Gasteiger partial charge in [0.1, 0.15) is 7.31 Å². The maximum atomic E-state index is 5.80. The van der Waals surface area contributed by atoms with Crippen molar-refractivity contribution in [2.24, 2.45) is 0 Å². The van der Waals surface area contributed by atoms with Crippen LogP contribution in [0, 0.1) is 0 Å². The van der Waals surface area contributed by atoms with E-state index < -0.39 is 0 Å². The topological polar surface area (TPSA) is 3.24 Å². The zero-order valence-corrected chi connectivity index (χ0v) is 11.8. The Morgan fingerprint density at radius 2 is 1.89 bits per heavy atom. The minimum absolute atomic E-state index is 0.571. The highest BCUT2D eigenvalue weighted by molar-refractivity contribution is 6.87. The molecule has 0 aliphatic rings. The molecule has 1 atom stereocenters. The Labute approximate surface area is 115 Å². The van der Waals surface area contributed by atoms with Crippen molar-refractivity contribution < 1.29 is 0 Å². The maximum Gasteiger partial charge on any atom is 0.149 e. The summed E-state index contributed by atoms with van der Waals surface area (Å²) in [5, 5.41) is 0. The lowest BCUT2D eigenvalue weighted by Crippen LogP contribution is -2.37. The summed E-state index contributed by atoms with van der Waals surface area (Å²) in [6.45, 7) is 5.41. The zero-order chi connectivity index (χ0) is 13.2. The summed E-state index contributed by atoms with van der Waals surface area (Å²) in [5.74, 6) is 0. The summed E-state index contributed by atoms with van der Waals surface area (Å²) < 4.78 is 0. The minimum Gasteiger partial charge on any atom is -0.350 e. The van der Waals surface area contributed by atoms with E-state index in [2.05, 4.69) is 49.0 Å². The van der Waals surface area contributed by atoms with Crippen LogP contribution in [0.3, 0.4) is 0 Å². The molecule has 0 heterocycles. The highest BCUT2D eigenvalue weighted by atomic mass is 15.1. The van der Waals surface area contributed by atoms with E-state index >= 15 is 0 Å². The van der Waals surface area contributed by atoms with Gasteiger partial charge in [-0.2, -0.15) is 0 Å². The lowest BCUT2D eigenvalue weighted by molar-refractivity contribution is 0.295. The van der Waals surface area contributed by atoms with Crippen LogP contribution >= 0.6 is 0 Å². The predicted molar refractivity (Wildman–Crippen MR) is 81.7 cm³/mol. The second kappa shape index (κ2) is 9.27. The molecule has 0 saturated carbocycles. The Kier molecular flexibility index (Phi) is 7.91. The summed E-state index contributed by atoms with van der Waals surface area (Å²) in [6.07, 6.45) is 6.30. The van der Waals surface area contributed by atoms with Crippen molar-refractivity contribution in [3.05, 3.63) is 35.9 Å². The molecule has 1 unspecified atom stereocenters. The van der Waals surface area contributed by atoms with Crippen LogP contribution in [0.25, 0.3) is 0 Å². The van der Waals surface area contributed by atoms with Crippen molar-refractivity contribution in [1.29, 1.82) is 0 Å². The van der Waals surface area contributed by atoms with Crippen molar-refractivity contribution in [3.8, 4) is 0 Å². The molecular weight excluding hydrogens is 216 g/mol. The van der Waals surface area contributed by atoms with E-state index in [9.17, 15) is 0 Å². The number of hydrogen-bond acceptors (Lipinski definition) is 1. The molecule has 3 heteroatoms. The molecule has 0 aromatic heterocycles. The predicted octanol–water partition coefficient (Wildman–Crippen LogP) is 3.55. The smallest absolute Gasteiger partial charge is 0.149 e. The van der Waals surface area contributed by atoms with Gasteiger partial charge in [-0.3, -0.25) is 0 Å². The molecule has 0 bridgehead atoms. The zero-order valence-electron chi connectivity index (χ0n) is 11.8. The van der Waals surface area contributed by atoms with Crippen molar-refractivity contribution in [3.63, 3.8) is 0 Å². The molecule has 0 fully saturated rings. The fraction of sp³-hybridized carbons (Fsp3) is 0.600. The Morgan fingerprint density at radius 3 is 2.44 bits per heavy atom. The van der Waals surface area contributed by atoms with Crippen molar-refractivity contribution in [2.75, 3.05) is 0 Å². The van der Waals surface area contributed by atoms with Crippen LogP contribution in [-0.2, 0) is 6.54 Å². The first-order valence-corrected chi connectivity index (χ1v) is 7.16. The van der Waals surface area contributed by atoms with Crippen LogP contribution in [0.5, 0.6) is 0 Å². The summed E-state index contributed by atoms with van der Waals surface area (Å²) in [6, 6.07) is 11.1. The summed E-state index contributed by atoms with van der Waals surface area (Å²) in [5.41, 5.74) is 1.33. The first kappa shape index (κ1) is 15.4. The molecular formula is C15H24B2N.